The predicted octanol–water partition coefficient (Wildman–Crippen LogP) is 5.65. The number of carbonyl (C=O) groups is 1. The van der Waals surface area contributed by atoms with Gasteiger partial charge in [0.05, 0.1) is 10.6 Å². The summed E-state index contributed by atoms with van der Waals surface area (Å²) in [4.78, 5) is 15.4. The van der Waals surface area contributed by atoms with Gasteiger partial charge in [-0.05, 0) is 47.5 Å². The van der Waals surface area contributed by atoms with E-state index >= 15 is 0 Å². The summed E-state index contributed by atoms with van der Waals surface area (Å²) in [5, 5.41) is 0.460. The second-order valence-corrected chi connectivity index (χ2v) is 9.48. The number of sulfonamides is 1. The van der Waals surface area contributed by atoms with Crippen LogP contribution in [0.2, 0.25) is 10.0 Å². The largest absolute Gasteiger partial charge is 0.417 e. The number of nitrogens with zero attached hydrogens (tertiary/aromatic N) is 1. The molecule has 3 rings (SSSR count). The van der Waals surface area contributed by atoms with Crippen molar-refractivity contribution in [2.24, 2.45) is 0 Å². The summed E-state index contributed by atoms with van der Waals surface area (Å²) in [6, 6.07) is 10.3. The first-order valence-corrected chi connectivity index (χ1v) is 11.5. The molecule has 33 heavy (non-hydrogen) atoms. The van der Waals surface area contributed by atoms with Crippen LogP contribution in [0.25, 0.3) is 11.1 Å². The van der Waals surface area contributed by atoms with Gasteiger partial charge < -0.3 is 5.32 Å². The van der Waals surface area contributed by atoms with Gasteiger partial charge >= 0.3 is 6.18 Å². The number of rotatable bonds is 6. The maximum absolute atomic E-state index is 13.2. The molecule has 0 radical (unpaired) electrons. The lowest BCUT2D eigenvalue weighted by molar-refractivity contribution is -0.137. The van der Waals surface area contributed by atoms with E-state index in [1.807, 2.05) is 0 Å². The van der Waals surface area contributed by atoms with E-state index in [1.54, 1.807) is 0 Å². The van der Waals surface area contributed by atoms with Crippen molar-refractivity contribution in [1.82, 2.24) is 10.3 Å². The van der Waals surface area contributed by atoms with Crippen LogP contribution in [-0.2, 0) is 21.0 Å². The Morgan fingerprint density at radius 1 is 1.00 bits per heavy atom. The van der Waals surface area contributed by atoms with Crippen molar-refractivity contribution in [3.8, 4) is 11.1 Å². The fourth-order valence-electron chi connectivity index (χ4n) is 2.99. The number of aromatic nitrogens is 1. The minimum atomic E-state index is -4.67. The zero-order valence-corrected chi connectivity index (χ0v) is 19.1. The van der Waals surface area contributed by atoms with E-state index in [4.69, 9.17) is 23.2 Å². The lowest BCUT2D eigenvalue weighted by atomic mass is 10.0. The van der Waals surface area contributed by atoms with Crippen LogP contribution in [0, 0.1) is 0 Å². The fourth-order valence-corrected chi connectivity index (χ4v) is 5.01. The number of nitrogens with one attached hydrogen (secondary N) is 2. The van der Waals surface area contributed by atoms with E-state index < -0.39 is 38.1 Å². The second-order valence-electron chi connectivity index (χ2n) is 6.90. The van der Waals surface area contributed by atoms with Crippen LogP contribution in [0.4, 0.5) is 18.9 Å². The highest BCUT2D eigenvalue weighted by molar-refractivity contribution is 7.92. The first kappa shape index (κ1) is 24.8. The molecule has 0 saturated carbocycles. The van der Waals surface area contributed by atoms with Gasteiger partial charge in [0.2, 0.25) is 5.91 Å². The van der Waals surface area contributed by atoms with Gasteiger partial charge in [0.1, 0.15) is 0 Å². The molecule has 2 aromatic carbocycles. The molecule has 1 amide bonds. The number of benzene rings is 2. The van der Waals surface area contributed by atoms with E-state index in [1.165, 1.54) is 55.7 Å². The molecular formula is C21H16Cl2F3N3O3S. The van der Waals surface area contributed by atoms with E-state index in [0.29, 0.717) is 5.56 Å². The van der Waals surface area contributed by atoms with Crippen LogP contribution in [0.15, 0.2) is 60.9 Å². The molecule has 174 valence electrons. The van der Waals surface area contributed by atoms with Gasteiger partial charge in [-0.15, -0.1) is 0 Å². The second kappa shape index (κ2) is 9.58. The van der Waals surface area contributed by atoms with E-state index in [0.717, 1.165) is 12.1 Å². The molecule has 1 aromatic heterocycles. The quantitative estimate of drug-likeness (QED) is 0.442. The Morgan fingerprint density at radius 2 is 1.61 bits per heavy atom. The van der Waals surface area contributed by atoms with E-state index in [9.17, 15) is 26.4 Å². The zero-order valence-electron chi connectivity index (χ0n) is 16.8. The minimum absolute atomic E-state index is 0.00439. The summed E-state index contributed by atoms with van der Waals surface area (Å²) < 4.78 is 67.8. The van der Waals surface area contributed by atoms with Crippen LogP contribution in [0.5, 0.6) is 0 Å². The predicted molar refractivity (Wildman–Crippen MR) is 120 cm³/mol. The number of hydrogen-bond donors (Lipinski definition) is 2. The molecule has 0 aliphatic carbocycles. The summed E-state index contributed by atoms with van der Waals surface area (Å²) in [5.41, 5.74) is -0.224. The van der Waals surface area contributed by atoms with Crippen LogP contribution in [0.1, 0.15) is 23.4 Å². The number of alkyl halides is 3. The number of pyridine rings is 1. The Bertz CT molecular complexity index is 1270. The molecule has 1 unspecified atom stereocenters. The Morgan fingerprint density at radius 3 is 2.15 bits per heavy atom. The fraction of sp³-hybridized carbons (Fsp3) is 0.143. The van der Waals surface area contributed by atoms with Gasteiger partial charge in [0.15, 0.2) is 5.37 Å². The Balaban J connectivity index is 1.91. The highest BCUT2D eigenvalue weighted by Crippen LogP contribution is 2.40. The highest BCUT2D eigenvalue weighted by Gasteiger charge is 2.34. The van der Waals surface area contributed by atoms with Crippen LogP contribution < -0.4 is 10.0 Å². The average Bonchev–Trinajstić information content (AvgIpc) is 2.72. The first-order chi connectivity index (χ1) is 15.4. The molecular weight excluding hydrogens is 502 g/mol. The third-order valence-electron chi connectivity index (χ3n) is 4.47. The van der Waals surface area contributed by atoms with Crippen LogP contribution in [0.3, 0.4) is 0 Å². The maximum atomic E-state index is 13.2. The summed E-state index contributed by atoms with van der Waals surface area (Å²) in [5.74, 6) is -0.560. The van der Waals surface area contributed by atoms with E-state index in [-0.39, 0.29) is 21.8 Å². The monoisotopic (exact) mass is 517 g/mol. The molecule has 1 atom stereocenters. The van der Waals surface area contributed by atoms with Gasteiger partial charge in [0.25, 0.3) is 10.0 Å². The minimum Gasteiger partial charge on any atom is -0.335 e. The molecule has 3 aromatic rings. The Labute approximate surface area is 197 Å². The van der Waals surface area contributed by atoms with Gasteiger partial charge in [0, 0.05) is 35.6 Å². The van der Waals surface area contributed by atoms with Crippen LogP contribution >= 0.6 is 23.2 Å². The third kappa shape index (κ3) is 5.95. The zero-order chi connectivity index (χ0) is 24.4. The van der Waals surface area contributed by atoms with Crippen molar-refractivity contribution in [3.63, 3.8) is 0 Å². The molecule has 0 spiro atoms. The van der Waals surface area contributed by atoms with Gasteiger partial charge in [-0.3, -0.25) is 14.5 Å². The molecule has 0 saturated heterocycles. The molecule has 0 bridgehead atoms. The lowest BCUT2D eigenvalue weighted by Crippen LogP contribution is -2.35. The standard InChI is InChI=1S/C21H16Cl2F3N3O3S/c1-12(30)28-20(14-6-8-27-9-7-14)33(31,32)29-15-4-2-13(3-5-15)16-10-17(21(24,25)26)19(23)11-18(16)22/h2-11,20,29H,1H3,(H,28,30). The summed E-state index contributed by atoms with van der Waals surface area (Å²) in [6.45, 7) is 1.18. The number of hydrogen-bond acceptors (Lipinski definition) is 4. The van der Waals surface area contributed by atoms with Crippen LogP contribution in [-0.4, -0.2) is 19.3 Å². The van der Waals surface area contributed by atoms with Gasteiger partial charge in [-0.1, -0.05) is 35.3 Å². The Kier molecular flexibility index (Phi) is 7.20. The van der Waals surface area contributed by atoms with Crippen molar-refractivity contribution in [2.45, 2.75) is 18.5 Å². The number of halogens is 5. The average molecular weight is 518 g/mol. The normalized spacial score (nSPS) is 12.8. The topological polar surface area (TPSA) is 88.2 Å². The molecule has 12 heteroatoms. The van der Waals surface area contributed by atoms with Crippen molar-refractivity contribution in [3.05, 3.63) is 82.1 Å². The first-order valence-electron chi connectivity index (χ1n) is 9.24. The SMILES string of the molecule is CC(=O)NC(c1ccncc1)S(=O)(=O)Nc1ccc(-c2cc(C(F)(F)F)c(Cl)cc2Cl)cc1. The smallest absolute Gasteiger partial charge is 0.335 e. The molecule has 2 N–H and O–H groups in total. The molecule has 6 nitrogen and oxygen atoms in total. The Hall–Kier alpha value is -2.82. The van der Waals surface area contributed by atoms with Crippen molar-refractivity contribution in [1.29, 1.82) is 0 Å². The summed E-state index contributed by atoms with van der Waals surface area (Å²) in [6.07, 6.45) is -1.89. The third-order valence-corrected chi connectivity index (χ3v) is 6.63. The number of anilines is 1. The number of carbonyl (C=O) groups excluding carboxylic acids is 1. The van der Waals surface area contributed by atoms with E-state index in [2.05, 4.69) is 15.0 Å². The highest BCUT2D eigenvalue weighted by atomic mass is 35.5. The van der Waals surface area contributed by atoms with Gasteiger partial charge in [-0.25, -0.2) is 8.42 Å². The van der Waals surface area contributed by atoms with Gasteiger partial charge in [-0.2, -0.15) is 13.2 Å². The lowest BCUT2D eigenvalue weighted by Gasteiger charge is -2.20. The molecule has 0 fully saturated rings. The van der Waals surface area contributed by atoms with Crippen molar-refractivity contribution < 1.29 is 26.4 Å². The number of amides is 1. The molecule has 0 aliphatic heterocycles. The van der Waals surface area contributed by atoms with Crippen molar-refractivity contribution in [2.75, 3.05) is 4.72 Å². The summed E-state index contributed by atoms with van der Waals surface area (Å²) in [7, 11) is -4.14. The molecule has 0 aliphatic rings. The van der Waals surface area contributed by atoms with Crippen molar-refractivity contribution >= 4 is 44.8 Å². The molecule has 1 heterocycles. The summed E-state index contributed by atoms with van der Waals surface area (Å²) >= 11 is 11.8. The maximum Gasteiger partial charge on any atom is 0.417 e.